The van der Waals surface area contributed by atoms with Gasteiger partial charge in [0.1, 0.15) is 16.8 Å². The number of halogens is 2. The minimum Gasteiger partial charge on any atom is -0.384 e. The number of aromatic nitrogens is 2. The highest BCUT2D eigenvalue weighted by molar-refractivity contribution is 6.36. The Morgan fingerprint density at radius 2 is 2.11 bits per heavy atom. The first-order chi connectivity index (χ1) is 8.56. The average molecular weight is 283 g/mol. The molecule has 0 aromatic carbocycles. The van der Waals surface area contributed by atoms with Crippen molar-refractivity contribution in [2.45, 2.75) is 0 Å². The molecule has 1 amide bonds. The molecule has 7 heteroatoms. The summed E-state index contributed by atoms with van der Waals surface area (Å²) < 4.78 is 0. The molecule has 92 valence electrons. The summed E-state index contributed by atoms with van der Waals surface area (Å²) in [5.74, 6) is 0.224. The molecule has 0 fully saturated rings. The van der Waals surface area contributed by atoms with Crippen molar-refractivity contribution >= 4 is 40.7 Å². The first-order valence-corrected chi connectivity index (χ1v) is 5.67. The molecule has 0 unspecified atom stereocenters. The number of amides is 1. The van der Waals surface area contributed by atoms with Crippen molar-refractivity contribution in [2.75, 3.05) is 11.1 Å². The van der Waals surface area contributed by atoms with Crippen LogP contribution in [-0.2, 0) is 0 Å². The molecule has 0 aliphatic heterocycles. The van der Waals surface area contributed by atoms with Crippen LogP contribution in [0.4, 0.5) is 11.6 Å². The lowest BCUT2D eigenvalue weighted by molar-refractivity contribution is 0.102. The maximum absolute atomic E-state index is 11.9. The molecule has 0 radical (unpaired) electrons. The fourth-order valence-electron chi connectivity index (χ4n) is 1.28. The van der Waals surface area contributed by atoms with Crippen molar-refractivity contribution in [3.8, 4) is 0 Å². The van der Waals surface area contributed by atoms with Gasteiger partial charge in [0.2, 0.25) is 0 Å². The van der Waals surface area contributed by atoms with E-state index in [0.717, 1.165) is 0 Å². The van der Waals surface area contributed by atoms with Gasteiger partial charge in [-0.15, -0.1) is 0 Å². The monoisotopic (exact) mass is 282 g/mol. The van der Waals surface area contributed by atoms with Gasteiger partial charge in [-0.2, -0.15) is 0 Å². The summed E-state index contributed by atoms with van der Waals surface area (Å²) in [7, 11) is 0. The van der Waals surface area contributed by atoms with Crippen molar-refractivity contribution < 1.29 is 4.79 Å². The lowest BCUT2D eigenvalue weighted by atomic mass is 10.2. The Balaban J connectivity index is 2.22. The van der Waals surface area contributed by atoms with E-state index in [-0.39, 0.29) is 15.7 Å². The maximum atomic E-state index is 11.9. The third-order valence-electron chi connectivity index (χ3n) is 2.08. The van der Waals surface area contributed by atoms with E-state index < -0.39 is 5.91 Å². The van der Waals surface area contributed by atoms with Gasteiger partial charge in [-0.1, -0.05) is 29.3 Å². The van der Waals surface area contributed by atoms with Gasteiger partial charge in [-0.05, 0) is 18.2 Å². The minimum atomic E-state index is -0.428. The molecular weight excluding hydrogens is 275 g/mol. The molecule has 0 spiro atoms. The SMILES string of the molecule is Nc1cccc(NC(=O)c2cnc(Cl)cc2Cl)n1. The number of hydrogen-bond acceptors (Lipinski definition) is 4. The molecule has 0 aliphatic rings. The van der Waals surface area contributed by atoms with Crippen molar-refractivity contribution in [3.63, 3.8) is 0 Å². The summed E-state index contributed by atoms with van der Waals surface area (Å²) >= 11 is 11.5. The topological polar surface area (TPSA) is 80.9 Å². The molecule has 0 aliphatic carbocycles. The Labute approximate surface area is 113 Å². The molecule has 2 heterocycles. The first-order valence-electron chi connectivity index (χ1n) is 4.91. The number of nitrogens with one attached hydrogen (secondary N) is 1. The highest BCUT2D eigenvalue weighted by Gasteiger charge is 2.12. The van der Waals surface area contributed by atoms with Crippen LogP contribution in [0.5, 0.6) is 0 Å². The largest absolute Gasteiger partial charge is 0.384 e. The Morgan fingerprint density at radius 3 is 2.78 bits per heavy atom. The Bertz CT molecular complexity index is 603. The first kappa shape index (κ1) is 12.6. The standard InChI is InChI=1S/C11H8Cl2N4O/c12-7-4-8(13)15-5-6(7)11(18)17-10-3-1-2-9(14)16-10/h1-5H,(H3,14,16,17,18). The summed E-state index contributed by atoms with van der Waals surface area (Å²) in [4.78, 5) is 19.6. The second kappa shape index (κ2) is 5.20. The van der Waals surface area contributed by atoms with E-state index in [2.05, 4.69) is 15.3 Å². The Kier molecular flexibility index (Phi) is 3.64. The molecule has 18 heavy (non-hydrogen) atoms. The number of nitrogens with two attached hydrogens (primary N) is 1. The van der Waals surface area contributed by atoms with Crippen LogP contribution in [0.15, 0.2) is 30.5 Å². The number of carbonyl (C=O) groups excluding carboxylic acids is 1. The van der Waals surface area contributed by atoms with E-state index in [9.17, 15) is 4.79 Å². The molecule has 3 N–H and O–H groups in total. The highest BCUT2D eigenvalue weighted by atomic mass is 35.5. The van der Waals surface area contributed by atoms with Crippen LogP contribution in [0.2, 0.25) is 10.2 Å². The second-order valence-corrected chi connectivity index (χ2v) is 4.18. The van der Waals surface area contributed by atoms with Crippen molar-refractivity contribution in [3.05, 3.63) is 46.2 Å². The van der Waals surface area contributed by atoms with Gasteiger partial charge in [0.05, 0.1) is 10.6 Å². The van der Waals surface area contributed by atoms with Crippen molar-refractivity contribution in [2.24, 2.45) is 0 Å². The zero-order valence-electron chi connectivity index (χ0n) is 9.02. The molecule has 2 aromatic heterocycles. The summed E-state index contributed by atoms with van der Waals surface area (Å²) in [6, 6.07) is 6.31. The van der Waals surface area contributed by atoms with Gasteiger partial charge < -0.3 is 11.1 Å². The van der Waals surface area contributed by atoms with Gasteiger partial charge in [-0.3, -0.25) is 4.79 Å². The number of pyridine rings is 2. The van der Waals surface area contributed by atoms with Gasteiger partial charge >= 0.3 is 0 Å². The fraction of sp³-hybridized carbons (Fsp3) is 0. The van der Waals surface area contributed by atoms with Gasteiger partial charge in [0.25, 0.3) is 5.91 Å². The summed E-state index contributed by atoms with van der Waals surface area (Å²) in [5.41, 5.74) is 5.72. The number of nitrogens with zero attached hydrogens (tertiary/aromatic N) is 2. The van der Waals surface area contributed by atoms with Crippen molar-refractivity contribution in [1.82, 2.24) is 9.97 Å². The van der Waals surface area contributed by atoms with Gasteiger partial charge in [-0.25, -0.2) is 9.97 Å². The molecule has 0 atom stereocenters. The molecule has 5 nitrogen and oxygen atoms in total. The van der Waals surface area contributed by atoms with Gasteiger partial charge in [0.15, 0.2) is 0 Å². The van der Waals surface area contributed by atoms with Crippen LogP contribution >= 0.6 is 23.2 Å². The van der Waals surface area contributed by atoms with Crippen LogP contribution < -0.4 is 11.1 Å². The number of nitrogen functional groups attached to an aromatic ring is 1. The second-order valence-electron chi connectivity index (χ2n) is 3.39. The molecule has 2 rings (SSSR count). The third-order valence-corrected chi connectivity index (χ3v) is 2.60. The molecule has 0 saturated heterocycles. The summed E-state index contributed by atoms with van der Waals surface area (Å²) in [6.07, 6.45) is 1.30. The normalized spacial score (nSPS) is 10.1. The minimum absolute atomic E-state index is 0.213. The molecule has 0 saturated carbocycles. The highest BCUT2D eigenvalue weighted by Crippen LogP contribution is 2.19. The van der Waals surface area contributed by atoms with Crippen LogP contribution in [0.3, 0.4) is 0 Å². The van der Waals surface area contributed by atoms with E-state index in [1.54, 1.807) is 18.2 Å². The van der Waals surface area contributed by atoms with E-state index in [4.69, 9.17) is 28.9 Å². The van der Waals surface area contributed by atoms with Gasteiger partial charge in [0, 0.05) is 6.20 Å². The number of rotatable bonds is 2. The molecule has 2 aromatic rings. The maximum Gasteiger partial charge on any atom is 0.259 e. The van der Waals surface area contributed by atoms with Crippen molar-refractivity contribution in [1.29, 1.82) is 0 Å². The lowest BCUT2D eigenvalue weighted by Gasteiger charge is -2.06. The predicted octanol–water partition coefficient (Wildman–Crippen LogP) is 2.62. The average Bonchev–Trinajstić information content (AvgIpc) is 2.28. The zero-order chi connectivity index (χ0) is 13.1. The summed E-state index contributed by atoms with van der Waals surface area (Å²) in [6.45, 7) is 0. The number of hydrogen-bond donors (Lipinski definition) is 2. The van der Waals surface area contributed by atoms with E-state index >= 15 is 0 Å². The number of anilines is 2. The Morgan fingerprint density at radius 1 is 1.33 bits per heavy atom. The molecular formula is C11H8Cl2N4O. The van der Waals surface area contributed by atoms with E-state index in [0.29, 0.717) is 11.6 Å². The predicted molar refractivity (Wildman–Crippen MR) is 70.9 cm³/mol. The zero-order valence-corrected chi connectivity index (χ0v) is 10.5. The quantitative estimate of drug-likeness (QED) is 0.830. The van der Waals surface area contributed by atoms with E-state index in [1.165, 1.54) is 12.3 Å². The lowest BCUT2D eigenvalue weighted by Crippen LogP contribution is -2.14. The van der Waals surface area contributed by atoms with Crippen LogP contribution in [0, 0.1) is 0 Å². The Hall–Kier alpha value is -1.85. The number of carbonyl (C=O) groups is 1. The van der Waals surface area contributed by atoms with Crippen LogP contribution in [0.1, 0.15) is 10.4 Å². The van der Waals surface area contributed by atoms with E-state index in [1.807, 2.05) is 0 Å². The van der Waals surface area contributed by atoms with Crippen LogP contribution in [-0.4, -0.2) is 15.9 Å². The smallest absolute Gasteiger partial charge is 0.259 e. The summed E-state index contributed by atoms with van der Waals surface area (Å²) in [5, 5.41) is 3.00. The fourth-order valence-corrected chi connectivity index (χ4v) is 1.73. The molecule has 0 bridgehead atoms. The van der Waals surface area contributed by atoms with Crippen LogP contribution in [0.25, 0.3) is 0 Å². The third kappa shape index (κ3) is 2.88.